The second-order valence-electron chi connectivity index (χ2n) is 11.3. The summed E-state index contributed by atoms with van der Waals surface area (Å²) in [6.45, 7) is 2.67. The molecule has 1 saturated carbocycles. The summed E-state index contributed by atoms with van der Waals surface area (Å²) in [6.07, 6.45) is -5.71. The van der Waals surface area contributed by atoms with Gasteiger partial charge in [-0.2, -0.15) is 31.4 Å². The van der Waals surface area contributed by atoms with Gasteiger partial charge in [0.25, 0.3) is 5.91 Å². The van der Waals surface area contributed by atoms with Crippen LogP contribution in [0.3, 0.4) is 0 Å². The normalized spacial score (nSPS) is 19.5. The van der Waals surface area contributed by atoms with Crippen LogP contribution in [0.5, 0.6) is 0 Å². The number of hydrogen-bond donors (Lipinski definition) is 2. The van der Waals surface area contributed by atoms with E-state index in [-0.39, 0.29) is 35.4 Å². The first-order valence-electron chi connectivity index (χ1n) is 13.3. The lowest BCUT2D eigenvalue weighted by Crippen LogP contribution is -2.40. The molecule has 18 heteroatoms. The zero-order valence-corrected chi connectivity index (χ0v) is 23.2. The van der Waals surface area contributed by atoms with E-state index in [1.54, 1.807) is 0 Å². The number of hydrogen-bond acceptors (Lipinski definition) is 8. The number of fused-ring (bicyclic) bond motifs is 1. The van der Waals surface area contributed by atoms with Crippen molar-refractivity contribution < 1.29 is 45.3 Å². The maximum Gasteiger partial charge on any atom is 0.410 e. The molecule has 234 valence electrons. The third kappa shape index (κ3) is 6.52. The molecule has 2 aliphatic rings. The van der Waals surface area contributed by atoms with Crippen molar-refractivity contribution in [3.05, 3.63) is 41.1 Å². The van der Waals surface area contributed by atoms with Gasteiger partial charge >= 0.3 is 18.4 Å². The molecule has 3 amide bonds. The highest BCUT2D eigenvalue weighted by molar-refractivity contribution is 5.93. The maximum absolute atomic E-state index is 13.8. The van der Waals surface area contributed by atoms with E-state index in [2.05, 4.69) is 30.3 Å². The molecule has 0 radical (unpaired) electrons. The fraction of sp³-hybridized carbons (Fsp3) is 0.600. The number of halogens is 6. The summed E-state index contributed by atoms with van der Waals surface area (Å²) in [6, 6.07) is -3.75. The lowest BCUT2D eigenvalue weighted by Gasteiger charge is -2.31. The average Bonchev–Trinajstić information content (AvgIpc) is 3.26. The van der Waals surface area contributed by atoms with E-state index in [0.717, 1.165) is 31.6 Å². The van der Waals surface area contributed by atoms with Gasteiger partial charge in [-0.15, -0.1) is 0 Å². The number of carbonyl (C=O) groups is 2. The van der Waals surface area contributed by atoms with Gasteiger partial charge in [0.2, 0.25) is 0 Å². The zero-order chi connectivity index (χ0) is 31.3. The summed E-state index contributed by atoms with van der Waals surface area (Å²) in [5, 5.41) is 15.7. The van der Waals surface area contributed by atoms with Gasteiger partial charge in [0.15, 0.2) is 11.3 Å². The Balaban J connectivity index is 1.47. The molecular weight excluding hydrogens is 590 g/mol. The Kier molecular flexibility index (Phi) is 7.77. The molecule has 3 unspecified atom stereocenters. The summed E-state index contributed by atoms with van der Waals surface area (Å²) in [4.78, 5) is 30.9. The Morgan fingerprint density at radius 3 is 2.51 bits per heavy atom. The van der Waals surface area contributed by atoms with Crippen molar-refractivity contribution in [2.75, 3.05) is 13.2 Å². The third-order valence-electron chi connectivity index (χ3n) is 7.48. The summed E-state index contributed by atoms with van der Waals surface area (Å²) >= 11 is 0. The lowest BCUT2D eigenvalue weighted by molar-refractivity contribution is -0.215. The van der Waals surface area contributed by atoms with Crippen LogP contribution in [0.1, 0.15) is 72.6 Å². The first-order valence-corrected chi connectivity index (χ1v) is 13.3. The van der Waals surface area contributed by atoms with E-state index in [1.807, 2.05) is 5.32 Å². The van der Waals surface area contributed by atoms with E-state index >= 15 is 0 Å². The molecule has 1 saturated heterocycles. The molecule has 5 rings (SSSR count). The highest BCUT2D eigenvalue weighted by atomic mass is 19.4. The van der Waals surface area contributed by atoms with Crippen LogP contribution >= 0.6 is 0 Å². The number of alkyl halides is 6. The molecule has 0 aromatic carbocycles. The monoisotopic (exact) mass is 618 g/mol. The minimum Gasteiger partial charge on any atom is -0.376 e. The Labute approximate surface area is 240 Å². The van der Waals surface area contributed by atoms with E-state index in [0.29, 0.717) is 5.56 Å². The molecule has 2 fully saturated rings. The minimum absolute atomic E-state index is 0.0336. The van der Waals surface area contributed by atoms with E-state index in [4.69, 9.17) is 4.74 Å². The molecule has 1 aliphatic heterocycles. The molecule has 12 nitrogen and oxygen atoms in total. The van der Waals surface area contributed by atoms with Crippen LogP contribution < -0.4 is 10.6 Å². The quantitative estimate of drug-likeness (QED) is 0.325. The molecule has 0 spiro atoms. The average molecular weight is 619 g/mol. The predicted octanol–water partition coefficient (Wildman–Crippen LogP) is 4.05. The molecule has 3 aromatic heterocycles. The Morgan fingerprint density at radius 1 is 1.21 bits per heavy atom. The number of urea groups is 1. The maximum atomic E-state index is 13.8. The van der Waals surface area contributed by atoms with Crippen LogP contribution in [0.25, 0.3) is 5.65 Å². The number of aryl methyl sites for hydroxylation is 1. The largest absolute Gasteiger partial charge is 0.410 e. The molecule has 1 aliphatic carbocycles. The third-order valence-corrected chi connectivity index (χ3v) is 7.48. The van der Waals surface area contributed by atoms with E-state index in [9.17, 15) is 35.9 Å². The molecule has 0 bridgehead atoms. The second kappa shape index (κ2) is 10.9. The van der Waals surface area contributed by atoms with Crippen molar-refractivity contribution in [2.45, 2.75) is 76.6 Å². The van der Waals surface area contributed by atoms with Crippen molar-refractivity contribution in [3.63, 3.8) is 0 Å². The van der Waals surface area contributed by atoms with Crippen LogP contribution in [0, 0.1) is 12.3 Å². The lowest BCUT2D eigenvalue weighted by atomic mass is 9.84. The molecule has 3 aromatic rings. The smallest absolute Gasteiger partial charge is 0.376 e. The number of nitrogens with one attached hydrogen (secondary N) is 2. The van der Waals surface area contributed by atoms with Gasteiger partial charge in [0.1, 0.15) is 11.7 Å². The summed E-state index contributed by atoms with van der Waals surface area (Å²) < 4.78 is 93.1. The van der Waals surface area contributed by atoms with Crippen molar-refractivity contribution >= 4 is 17.6 Å². The van der Waals surface area contributed by atoms with Gasteiger partial charge in [-0.25, -0.2) is 18.9 Å². The van der Waals surface area contributed by atoms with Gasteiger partial charge in [-0.3, -0.25) is 4.79 Å². The van der Waals surface area contributed by atoms with Gasteiger partial charge in [0, 0.05) is 5.56 Å². The summed E-state index contributed by atoms with van der Waals surface area (Å²) in [7, 11) is 0. The van der Waals surface area contributed by atoms with Crippen molar-refractivity contribution in [1.29, 1.82) is 0 Å². The van der Waals surface area contributed by atoms with Gasteiger partial charge in [-0.05, 0) is 37.4 Å². The topological polar surface area (TPSA) is 140 Å². The van der Waals surface area contributed by atoms with Crippen molar-refractivity contribution in [2.24, 2.45) is 5.41 Å². The number of aromatic nitrogens is 5. The first kappa shape index (κ1) is 30.5. The van der Waals surface area contributed by atoms with Crippen LogP contribution in [-0.4, -0.2) is 79.4 Å². The van der Waals surface area contributed by atoms with E-state index < -0.39 is 60.8 Å². The van der Waals surface area contributed by atoms with Crippen molar-refractivity contribution in [3.8, 4) is 0 Å². The molecule has 2 N–H and O–H groups in total. The van der Waals surface area contributed by atoms with Crippen LogP contribution in [-0.2, 0) is 4.74 Å². The number of imidazole rings is 1. The fourth-order valence-corrected chi connectivity index (χ4v) is 4.62. The highest BCUT2D eigenvalue weighted by Crippen LogP contribution is 2.44. The first-order chi connectivity index (χ1) is 20.0. The standard InChI is InChI=1S/C25H28F6N8O4/c1-12-20(37-43-36-12)21(40)34-15(7-23(2,3)25(29,30)31)16-9-39-19(33-16)6-13(8-32-39)17(11-42-14-4-5-14)38-10-18(24(26,27)28)35-22(38)41/h6,8-9,14-15,17-18H,4-5,7,10-11H2,1-3H3,(H,34,40)(H,35,41). The van der Waals surface area contributed by atoms with Gasteiger partial charge in [-0.1, -0.05) is 19.0 Å². The minimum atomic E-state index is -4.66. The second-order valence-corrected chi connectivity index (χ2v) is 11.3. The predicted molar refractivity (Wildman–Crippen MR) is 133 cm³/mol. The van der Waals surface area contributed by atoms with E-state index in [1.165, 1.54) is 29.9 Å². The number of rotatable bonds is 10. The Bertz CT molecular complexity index is 1500. The van der Waals surface area contributed by atoms with Gasteiger partial charge < -0.3 is 20.3 Å². The highest BCUT2D eigenvalue weighted by Gasteiger charge is 2.50. The Hall–Kier alpha value is -3.96. The number of nitrogens with zero attached hydrogens (tertiary/aromatic N) is 6. The fourth-order valence-electron chi connectivity index (χ4n) is 4.62. The number of ether oxygens (including phenoxy) is 1. The van der Waals surface area contributed by atoms with Crippen LogP contribution in [0.15, 0.2) is 23.1 Å². The van der Waals surface area contributed by atoms with Crippen LogP contribution in [0.4, 0.5) is 31.1 Å². The zero-order valence-electron chi connectivity index (χ0n) is 23.2. The van der Waals surface area contributed by atoms with Crippen molar-refractivity contribution in [1.82, 2.24) is 40.4 Å². The summed E-state index contributed by atoms with van der Waals surface area (Å²) in [5.74, 6) is -0.830. The molecule has 43 heavy (non-hydrogen) atoms. The summed E-state index contributed by atoms with van der Waals surface area (Å²) in [5.41, 5.74) is -1.86. The number of amides is 3. The Morgan fingerprint density at radius 2 is 1.93 bits per heavy atom. The van der Waals surface area contributed by atoms with Gasteiger partial charge in [0.05, 0.1) is 54.8 Å². The molecule has 4 heterocycles. The SMILES string of the molecule is Cc1nonc1C(=O)NC(CC(C)(C)C(F)(F)F)c1cn2ncc(C(COC3CC3)N3CC(C(F)(F)F)NC3=O)cc2n1. The van der Waals surface area contributed by atoms with Crippen LogP contribution in [0.2, 0.25) is 0 Å². The number of carbonyl (C=O) groups excluding carboxylic acids is 2. The molecular formula is C25H28F6N8O4. The molecule has 3 atom stereocenters.